The number of rotatable bonds is 7. The van der Waals surface area contributed by atoms with Crippen molar-refractivity contribution < 1.29 is 9.53 Å². The number of carbonyl (C=O) groups is 1. The van der Waals surface area contributed by atoms with Crippen LogP contribution in [-0.4, -0.2) is 26.5 Å². The maximum atomic E-state index is 11.0. The SMILES string of the molecule is COc1ccc(N(C)CCCC(C)=O)cc1C(C)C. The van der Waals surface area contributed by atoms with Crippen LogP contribution >= 0.6 is 0 Å². The van der Waals surface area contributed by atoms with E-state index in [0.717, 1.165) is 18.7 Å². The highest BCUT2D eigenvalue weighted by Gasteiger charge is 2.10. The first kappa shape index (κ1) is 15.5. The molecule has 0 spiro atoms. The summed E-state index contributed by atoms with van der Waals surface area (Å²) in [5.74, 6) is 1.63. The van der Waals surface area contributed by atoms with Gasteiger partial charge in [0.05, 0.1) is 7.11 Å². The van der Waals surface area contributed by atoms with Crippen LogP contribution in [0.25, 0.3) is 0 Å². The lowest BCUT2D eigenvalue weighted by Gasteiger charge is -2.22. The average molecular weight is 263 g/mol. The van der Waals surface area contributed by atoms with E-state index in [0.29, 0.717) is 12.3 Å². The third-order valence-corrected chi connectivity index (χ3v) is 3.30. The number of ether oxygens (including phenoxy) is 1. The number of Topliss-reactive ketones (excluding diaryl/α,β-unsaturated/α-hetero) is 1. The Morgan fingerprint density at radius 2 is 2.05 bits per heavy atom. The van der Waals surface area contributed by atoms with Crippen molar-refractivity contribution in [3.8, 4) is 5.75 Å². The normalized spacial score (nSPS) is 10.6. The summed E-state index contributed by atoms with van der Waals surface area (Å²) in [5, 5.41) is 0. The molecule has 0 N–H and O–H groups in total. The maximum absolute atomic E-state index is 11.0. The molecular weight excluding hydrogens is 238 g/mol. The quantitative estimate of drug-likeness (QED) is 0.752. The Balaban J connectivity index is 2.77. The van der Waals surface area contributed by atoms with Gasteiger partial charge in [-0.15, -0.1) is 0 Å². The van der Waals surface area contributed by atoms with Crippen LogP contribution in [0.4, 0.5) is 5.69 Å². The van der Waals surface area contributed by atoms with Crippen LogP contribution in [0.5, 0.6) is 5.75 Å². The van der Waals surface area contributed by atoms with Gasteiger partial charge >= 0.3 is 0 Å². The molecule has 0 amide bonds. The highest BCUT2D eigenvalue weighted by molar-refractivity contribution is 5.75. The monoisotopic (exact) mass is 263 g/mol. The Morgan fingerprint density at radius 1 is 1.37 bits per heavy atom. The third kappa shape index (κ3) is 4.58. The van der Waals surface area contributed by atoms with Gasteiger partial charge in [0.25, 0.3) is 0 Å². The van der Waals surface area contributed by atoms with Crippen molar-refractivity contribution in [1.82, 2.24) is 0 Å². The molecule has 19 heavy (non-hydrogen) atoms. The van der Waals surface area contributed by atoms with Crippen molar-refractivity contribution in [3.05, 3.63) is 23.8 Å². The van der Waals surface area contributed by atoms with Crippen molar-refractivity contribution in [3.63, 3.8) is 0 Å². The van der Waals surface area contributed by atoms with Crippen LogP contribution in [0, 0.1) is 0 Å². The topological polar surface area (TPSA) is 29.5 Å². The lowest BCUT2D eigenvalue weighted by Crippen LogP contribution is -2.19. The molecule has 0 saturated heterocycles. The smallest absolute Gasteiger partial charge is 0.129 e. The number of anilines is 1. The minimum Gasteiger partial charge on any atom is -0.496 e. The molecule has 106 valence electrons. The van der Waals surface area contributed by atoms with Crippen molar-refractivity contribution in [2.45, 2.75) is 39.5 Å². The molecule has 1 rings (SSSR count). The van der Waals surface area contributed by atoms with Crippen molar-refractivity contribution in [2.75, 3.05) is 25.6 Å². The van der Waals surface area contributed by atoms with E-state index in [-0.39, 0.29) is 5.78 Å². The largest absolute Gasteiger partial charge is 0.496 e. The first-order valence-corrected chi connectivity index (χ1v) is 6.84. The summed E-state index contributed by atoms with van der Waals surface area (Å²) < 4.78 is 5.39. The second kappa shape index (κ2) is 7.17. The molecule has 0 fully saturated rings. The second-order valence-electron chi connectivity index (χ2n) is 5.31. The molecule has 0 aromatic heterocycles. The zero-order chi connectivity index (χ0) is 14.4. The summed E-state index contributed by atoms with van der Waals surface area (Å²) in [6.45, 7) is 6.86. The van der Waals surface area contributed by atoms with E-state index in [4.69, 9.17) is 4.74 Å². The average Bonchev–Trinajstić information content (AvgIpc) is 2.37. The highest BCUT2D eigenvalue weighted by Crippen LogP contribution is 2.30. The fraction of sp³-hybridized carbons (Fsp3) is 0.562. The number of carbonyl (C=O) groups excluding carboxylic acids is 1. The summed E-state index contributed by atoms with van der Waals surface area (Å²) in [6, 6.07) is 6.27. The molecule has 0 aliphatic rings. The molecule has 3 nitrogen and oxygen atoms in total. The molecule has 0 atom stereocenters. The Morgan fingerprint density at radius 3 is 2.58 bits per heavy atom. The fourth-order valence-corrected chi connectivity index (χ4v) is 2.10. The summed E-state index contributed by atoms with van der Waals surface area (Å²) in [4.78, 5) is 13.1. The molecule has 0 aliphatic heterocycles. The molecular formula is C16H25NO2. The predicted molar refractivity (Wildman–Crippen MR) is 80.3 cm³/mol. The first-order chi connectivity index (χ1) is 8.95. The summed E-state index contributed by atoms with van der Waals surface area (Å²) in [6.07, 6.45) is 1.55. The Labute approximate surface area is 116 Å². The lowest BCUT2D eigenvalue weighted by atomic mass is 10.0. The van der Waals surface area contributed by atoms with Gasteiger partial charge < -0.3 is 14.4 Å². The van der Waals surface area contributed by atoms with Gasteiger partial charge in [-0.3, -0.25) is 0 Å². The van der Waals surface area contributed by atoms with E-state index in [1.54, 1.807) is 14.0 Å². The van der Waals surface area contributed by atoms with Crippen molar-refractivity contribution in [2.24, 2.45) is 0 Å². The zero-order valence-corrected chi connectivity index (χ0v) is 12.7. The van der Waals surface area contributed by atoms with Gasteiger partial charge in [-0.05, 0) is 43.0 Å². The molecule has 0 unspecified atom stereocenters. The Hall–Kier alpha value is -1.51. The Bertz CT molecular complexity index is 427. The number of benzene rings is 1. The molecule has 0 saturated carbocycles. The molecule has 1 aromatic rings. The minimum absolute atomic E-state index is 0.256. The zero-order valence-electron chi connectivity index (χ0n) is 12.7. The first-order valence-electron chi connectivity index (χ1n) is 6.84. The van der Waals surface area contributed by atoms with Crippen LogP contribution in [0.2, 0.25) is 0 Å². The van der Waals surface area contributed by atoms with Gasteiger partial charge in [0.1, 0.15) is 11.5 Å². The third-order valence-electron chi connectivity index (χ3n) is 3.30. The number of ketones is 1. The highest BCUT2D eigenvalue weighted by atomic mass is 16.5. The number of hydrogen-bond acceptors (Lipinski definition) is 3. The van der Waals surface area contributed by atoms with E-state index < -0.39 is 0 Å². The van der Waals surface area contributed by atoms with Crippen LogP contribution in [0.3, 0.4) is 0 Å². The number of hydrogen-bond donors (Lipinski definition) is 0. The van der Waals surface area contributed by atoms with Crippen molar-refractivity contribution in [1.29, 1.82) is 0 Å². The molecule has 0 radical (unpaired) electrons. The van der Waals surface area contributed by atoms with Crippen LogP contribution in [-0.2, 0) is 4.79 Å². The summed E-state index contributed by atoms with van der Waals surface area (Å²) in [7, 11) is 3.77. The van der Waals surface area contributed by atoms with E-state index in [2.05, 4.69) is 37.9 Å². The molecule has 0 heterocycles. The van der Waals surface area contributed by atoms with Gasteiger partial charge in [-0.25, -0.2) is 0 Å². The molecule has 1 aromatic carbocycles. The van der Waals surface area contributed by atoms with Crippen molar-refractivity contribution >= 4 is 11.5 Å². The van der Waals surface area contributed by atoms with Gasteiger partial charge in [0, 0.05) is 25.7 Å². The second-order valence-corrected chi connectivity index (χ2v) is 5.31. The van der Waals surface area contributed by atoms with Crippen LogP contribution < -0.4 is 9.64 Å². The molecule has 0 aliphatic carbocycles. The number of methoxy groups -OCH3 is 1. The van der Waals surface area contributed by atoms with Gasteiger partial charge in [0.15, 0.2) is 0 Å². The minimum atomic E-state index is 0.256. The Kier molecular flexibility index (Phi) is 5.87. The van der Waals surface area contributed by atoms with E-state index in [1.165, 1.54) is 11.3 Å². The van der Waals surface area contributed by atoms with Crippen LogP contribution in [0.15, 0.2) is 18.2 Å². The summed E-state index contributed by atoms with van der Waals surface area (Å²) >= 11 is 0. The van der Waals surface area contributed by atoms with Gasteiger partial charge in [-0.1, -0.05) is 13.8 Å². The van der Waals surface area contributed by atoms with E-state index >= 15 is 0 Å². The van der Waals surface area contributed by atoms with E-state index in [9.17, 15) is 4.79 Å². The standard InChI is InChI=1S/C16H25NO2/c1-12(2)15-11-14(8-9-16(15)19-5)17(4)10-6-7-13(3)18/h8-9,11-12H,6-7,10H2,1-5H3. The molecule has 3 heteroatoms. The van der Waals surface area contributed by atoms with Gasteiger partial charge in [0.2, 0.25) is 0 Å². The summed E-state index contributed by atoms with van der Waals surface area (Å²) in [5.41, 5.74) is 2.39. The maximum Gasteiger partial charge on any atom is 0.129 e. The number of nitrogens with zero attached hydrogens (tertiary/aromatic N) is 1. The van der Waals surface area contributed by atoms with Gasteiger partial charge in [-0.2, -0.15) is 0 Å². The predicted octanol–water partition coefficient (Wildman–Crippen LogP) is 3.62. The van der Waals surface area contributed by atoms with Crippen LogP contribution in [0.1, 0.15) is 45.1 Å². The van der Waals surface area contributed by atoms with E-state index in [1.807, 2.05) is 6.07 Å². The lowest BCUT2D eigenvalue weighted by molar-refractivity contribution is -0.117. The fourth-order valence-electron chi connectivity index (χ4n) is 2.10. The molecule has 0 bridgehead atoms.